The molecule has 0 aliphatic heterocycles. The summed E-state index contributed by atoms with van der Waals surface area (Å²) in [6.07, 6.45) is -5.06. The largest absolute Gasteiger partial charge is 0.469 e. The lowest BCUT2D eigenvalue weighted by atomic mass is 10.1. The summed E-state index contributed by atoms with van der Waals surface area (Å²) in [5, 5.41) is 2.30. The first-order chi connectivity index (χ1) is 11.1. The fourth-order valence-electron chi connectivity index (χ4n) is 1.94. The highest BCUT2D eigenvalue weighted by atomic mass is 19.4. The Morgan fingerprint density at radius 3 is 2.50 bits per heavy atom. The minimum absolute atomic E-state index is 0.0592. The highest BCUT2D eigenvalue weighted by molar-refractivity contribution is 5.87. The second-order valence-electron chi connectivity index (χ2n) is 5.01. The normalized spacial score (nSPS) is 12.3. The van der Waals surface area contributed by atoms with Crippen LogP contribution in [0.1, 0.15) is 24.0 Å². The summed E-state index contributed by atoms with van der Waals surface area (Å²) in [7, 11) is 1.17. The molecule has 0 heterocycles. The molecule has 1 aromatic rings. The molecule has 0 saturated heterocycles. The van der Waals surface area contributed by atoms with Crippen LogP contribution in [0.3, 0.4) is 0 Å². The molecule has 6 nitrogen and oxygen atoms in total. The third kappa shape index (κ3) is 6.27. The lowest BCUT2D eigenvalue weighted by molar-refractivity contribution is -0.141. The smallest absolute Gasteiger partial charge is 0.416 e. The van der Waals surface area contributed by atoms with Crippen molar-refractivity contribution >= 4 is 17.8 Å². The molecule has 1 rings (SSSR count). The van der Waals surface area contributed by atoms with Gasteiger partial charge in [0.15, 0.2) is 0 Å². The number of alkyl halides is 3. The lowest BCUT2D eigenvalue weighted by Crippen LogP contribution is -2.45. The molecule has 0 aliphatic carbocycles. The van der Waals surface area contributed by atoms with Gasteiger partial charge in [0, 0.05) is 6.42 Å². The van der Waals surface area contributed by atoms with E-state index in [4.69, 9.17) is 5.73 Å². The molecule has 0 aromatic heterocycles. The topological polar surface area (TPSA) is 98.5 Å². The van der Waals surface area contributed by atoms with Gasteiger partial charge in [-0.3, -0.25) is 14.4 Å². The van der Waals surface area contributed by atoms with E-state index in [1.165, 1.54) is 19.2 Å². The second-order valence-corrected chi connectivity index (χ2v) is 5.01. The van der Waals surface area contributed by atoms with Crippen molar-refractivity contribution in [2.75, 3.05) is 7.11 Å². The average molecular weight is 346 g/mol. The SMILES string of the molecule is COC(=O)CC[C@@H](NC(=O)Cc1cccc(C(F)(F)F)c1)C(N)=O. The third-order valence-electron chi connectivity index (χ3n) is 3.16. The van der Waals surface area contributed by atoms with Crippen LogP contribution in [-0.2, 0) is 31.7 Å². The standard InChI is InChI=1S/C15H17F3N2O4/c1-24-13(22)6-5-11(14(19)23)20-12(21)8-9-3-2-4-10(7-9)15(16,17)18/h2-4,7,11H,5-6,8H2,1H3,(H2,19,23)(H,20,21)/t11-/m1/s1. The molecule has 2 amide bonds. The Balaban J connectivity index is 2.69. The monoisotopic (exact) mass is 346 g/mol. The predicted molar refractivity (Wildman–Crippen MR) is 77.5 cm³/mol. The molecular formula is C15H17F3N2O4. The van der Waals surface area contributed by atoms with Crippen molar-refractivity contribution in [3.63, 3.8) is 0 Å². The summed E-state index contributed by atoms with van der Waals surface area (Å²) in [5.74, 6) is -2.10. The summed E-state index contributed by atoms with van der Waals surface area (Å²) < 4.78 is 42.3. The zero-order valence-electron chi connectivity index (χ0n) is 12.9. The maximum Gasteiger partial charge on any atom is 0.416 e. The highest BCUT2D eigenvalue weighted by Crippen LogP contribution is 2.29. The Bertz CT molecular complexity index is 617. The Hall–Kier alpha value is -2.58. The van der Waals surface area contributed by atoms with Gasteiger partial charge in [-0.25, -0.2) is 0 Å². The van der Waals surface area contributed by atoms with E-state index < -0.39 is 35.6 Å². The van der Waals surface area contributed by atoms with Crippen molar-refractivity contribution in [3.05, 3.63) is 35.4 Å². The van der Waals surface area contributed by atoms with Crippen LogP contribution in [0, 0.1) is 0 Å². The summed E-state index contributed by atoms with van der Waals surface area (Å²) in [4.78, 5) is 34.2. The van der Waals surface area contributed by atoms with Crippen LogP contribution in [0.15, 0.2) is 24.3 Å². The van der Waals surface area contributed by atoms with Crippen molar-refractivity contribution in [1.29, 1.82) is 0 Å². The molecular weight excluding hydrogens is 329 g/mol. The number of esters is 1. The first kappa shape index (κ1) is 19.5. The molecule has 1 aromatic carbocycles. The first-order valence-corrected chi connectivity index (χ1v) is 6.95. The fraction of sp³-hybridized carbons (Fsp3) is 0.400. The van der Waals surface area contributed by atoms with Crippen molar-refractivity contribution in [3.8, 4) is 0 Å². The molecule has 24 heavy (non-hydrogen) atoms. The number of halogens is 3. The Kier molecular flexibility index (Phi) is 6.75. The quantitative estimate of drug-likeness (QED) is 0.724. The number of amides is 2. The molecule has 9 heteroatoms. The Labute approximate surface area is 136 Å². The molecule has 0 fully saturated rings. The van der Waals surface area contributed by atoms with E-state index in [1.54, 1.807) is 0 Å². The van der Waals surface area contributed by atoms with Crippen molar-refractivity contribution in [2.45, 2.75) is 31.5 Å². The number of carbonyl (C=O) groups excluding carboxylic acids is 3. The number of carbonyl (C=O) groups is 3. The number of benzene rings is 1. The van der Waals surface area contributed by atoms with Gasteiger partial charge in [0.25, 0.3) is 0 Å². The molecule has 132 valence electrons. The van der Waals surface area contributed by atoms with Gasteiger partial charge in [-0.05, 0) is 18.1 Å². The summed E-state index contributed by atoms with van der Waals surface area (Å²) in [5.41, 5.74) is 4.40. The predicted octanol–water partition coefficient (Wildman–Crippen LogP) is 1.17. The fourth-order valence-corrected chi connectivity index (χ4v) is 1.94. The van der Waals surface area contributed by atoms with E-state index in [1.807, 2.05) is 0 Å². The van der Waals surface area contributed by atoms with Gasteiger partial charge in [0.1, 0.15) is 6.04 Å². The minimum atomic E-state index is -4.51. The number of nitrogens with two attached hydrogens (primary N) is 1. The van der Waals surface area contributed by atoms with Crippen LogP contribution in [-0.4, -0.2) is 30.9 Å². The van der Waals surface area contributed by atoms with Crippen LogP contribution >= 0.6 is 0 Å². The molecule has 0 bridgehead atoms. The summed E-state index contributed by atoms with van der Waals surface area (Å²) in [6, 6.07) is 3.19. The number of nitrogens with one attached hydrogen (secondary N) is 1. The van der Waals surface area contributed by atoms with Crippen LogP contribution in [0.5, 0.6) is 0 Å². The van der Waals surface area contributed by atoms with Crippen LogP contribution in [0.25, 0.3) is 0 Å². The molecule has 1 atom stereocenters. The number of ether oxygens (including phenoxy) is 1. The van der Waals surface area contributed by atoms with Gasteiger partial charge < -0.3 is 15.8 Å². The number of hydrogen-bond acceptors (Lipinski definition) is 4. The molecule has 0 radical (unpaired) electrons. The van der Waals surface area contributed by atoms with Crippen molar-refractivity contribution in [1.82, 2.24) is 5.32 Å². The van der Waals surface area contributed by atoms with Crippen molar-refractivity contribution in [2.24, 2.45) is 5.73 Å². The van der Waals surface area contributed by atoms with Gasteiger partial charge in [-0.1, -0.05) is 18.2 Å². The van der Waals surface area contributed by atoms with E-state index in [-0.39, 0.29) is 24.8 Å². The van der Waals surface area contributed by atoms with Crippen LogP contribution in [0.2, 0.25) is 0 Å². The van der Waals surface area contributed by atoms with Gasteiger partial charge in [0.05, 0.1) is 19.1 Å². The molecule has 0 unspecified atom stereocenters. The Morgan fingerprint density at radius 1 is 1.29 bits per heavy atom. The molecule has 0 saturated carbocycles. The first-order valence-electron chi connectivity index (χ1n) is 6.95. The minimum Gasteiger partial charge on any atom is -0.469 e. The second kappa shape index (κ2) is 8.32. The molecule has 3 N–H and O–H groups in total. The average Bonchev–Trinajstić information content (AvgIpc) is 2.50. The zero-order valence-corrected chi connectivity index (χ0v) is 12.9. The lowest BCUT2D eigenvalue weighted by Gasteiger charge is -2.15. The molecule has 0 aliphatic rings. The van der Waals surface area contributed by atoms with E-state index >= 15 is 0 Å². The van der Waals surface area contributed by atoms with Gasteiger partial charge in [-0.2, -0.15) is 13.2 Å². The Morgan fingerprint density at radius 2 is 1.96 bits per heavy atom. The van der Waals surface area contributed by atoms with Crippen LogP contribution in [0.4, 0.5) is 13.2 Å². The van der Waals surface area contributed by atoms with Crippen molar-refractivity contribution < 1.29 is 32.3 Å². The van der Waals surface area contributed by atoms with E-state index in [2.05, 4.69) is 10.1 Å². The van der Waals surface area contributed by atoms with E-state index in [0.29, 0.717) is 0 Å². The van der Waals surface area contributed by atoms with Crippen LogP contribution < -0.4 is 11.1 Å². The van der Waals surface area contributed by atoms with E-state index in [9.17, 15) is 27.6 Å². The summed E-state index contributed by atoms with van der Waals surface area (Å²) in [6.45, 7) is 0. The van der Waals surface area contributed by atoms with Gasteiger partial charge in [0.2, 0.25) is 11.8 Å². The van der Waals surface area contributed by atoms with E-state index in [0.717, 1.165) is 12.1 Å². The zero-order chi connectivity index (χ0) is 18.3. The number of methoxy groups -OCH3 is 1. The van der Waals surface area contributed by atoms with Gasteiger partial charge in [-0.15, -0.1) is 0 Å². The highest BCUT2D eigenvalue weighted by Gasteiger charge is 2.30. The van der Waals surface area contributed by atoms with Gasteiger partial charge >= 0.3 is 12.1 Å². The maximum absolute atomic E-state index is 12.6. The maximum atomic E-state index is 12.6. The number of hydrogen-bond donors (Lipinski definition) is 2. The molecule has 0 spiro atoms. The number of primary amides is 1. The number of rotatable bonds is 7. The summed E-state index contributed by atoms with van der Waals surface area (Å²) >= 11 is 0. The third-order valence-corrected chi connectivity index (χ3v) is 3.16.